The standard InChI is InChI=1S/C4H8N6O4/c5-3(10(13)14)1(11)8-2(12)9-4(3,6)7/h5-7H2,(H2,8,9,11,12). The lowest BCUT2D eigenvalue weighted by Gasteiger charge is -2.37. The van der Waals surface area contributed by atoms with Crippen LogP contribution < -0.4 is 27.8 Å². The van der Waals surface area contributed by atoms with Crippen LogP contribution >= 0.6 is 0 Å². The number of amides is 3. The van der Waals surface area contributed by atoms with Gasteiger partial charge in [-0.3, -0.25) is 42.7 Å². The molecule has 0 radical (unpaired) electrons. The van der Waals surface area contributed by atoms with Gasteiger partial charge in [-0.05, 0) is 0 Å². The highest BCUT2D eigenvalue weighted by atomic mass is 16.6. The van der Waals surface area contributed by atoms with Crippen molar-refractivity contribution in [2.24, 2.45) is 17.2 Å². The van der Waals surface area contributed by atoms with Crippen LogP contribution in [0.15, 0.2) is 0 Å². The van der Waals surface area contributed by atoms with Gasteiger partial charge in [-0.2, -0.15) is 0 Å². The Balaban J connectivity index is 3.21. The Morgan fingerprint density at radius 1 is 1.29 bits per heavy atom. The third-order valence-corrected chi connectivity index (χ3v) is 1.81. The number of urea groups is 1. The van der Waals surface area contributed by atoms with Crippen LogP contribution in [0.1, 0.15) is 0 Å². The molecule has 0 aromatic heterocycles. The second kappa shape index (κ2) is 2.60. The number of carbonyl (C=O) groups excluding carboxylic acids is 2. The fourth-order valence-electron chi connectivity index (χ4n) is 0.935. The molecule has 0 bridgehead atoms. The number of nitrogens with one attached hydrogen (secondary N) is 2. The van der Waals surface area contributed by atoms with Crippen LogP contribution in [-0.2, 0) is 4.79 Å². The molecule has 0 aromatic rings. The van der Waals surface area contributed by atoms with Crippen molar-refractivity contribution in [1.82, 2.24) is 10.6 Å². The van der Waals surface area contributed by atoms with Gasteiger partial charge in [0, 0.05) is 0 Å². The van der Waals surface area contributed by atoms with E-state index in [1.165, 1.54) is 0 Å². The van der Waals surface area contributed by atoms with Gasteiger partial charge >= 0.3 is 17.6 Å². The molecule has 1 heterocycles. The minimum Gasteiger partial charge on any atom is -0.299 e. The van der Waals surface area contributed by atoms with E-state index in [0.717, 1.165) is 0 Å². The summed E-state index contributed by atoms with van der Waals surface area (Å²) in [6.07, 6.45) is 0. The maximum absolute atomic E-state index is 11.1. The second-order valence-corrected chi connectivity index (χ2v) is 2.80. The molecular weight excluding hydrogens is 196 g/mol. The van der Waals surface area contributed by atoms with Crippen molar-refractivity contribution in [2.75, 3.05) is 0 Å². The topological polar surface area (TPSA) is 179 Å². The van der Waals surface area contributed by atoms with Gasteiger partial charge in [0.2, 0.25) is 5.79 Å². The first-order chi connectivity index (χ1) is 6.22. The van der Waals surface area contributed by atoms with Gasteiger partial charge in [0.05, 0.1) is 4.92 Å². The smallest absolute Gasteiger partial charge is 0.299 e. The van der Waals surface area contributed by atoms with Gasteiger partial charge < -0.3 is 0 Å². The van der Waals surface area contributed by atoms with Gasteiger partial charge in [0.15, 0.2) is 0 Å². The molecule has 10 nitrogen and oxygen atoms in total. The zero-order valence-electron chi connectivity index (χ0n) is 6.81. The summed E-state index contributed by atoms with van der Waals surface area (Å²) in [5, 5.41) is 13.9. The van der Waals surface area contributed by atoms with Crippen LogP contribution in [0.5, 0.6) is 0 Å². The van der Waals surface area contributed by atoms with Crippen LogP contribution in [-0.4, -0.2) is 28.3 Å². The molecule has 1 aliphatic rings. The molecule has 1 saturated heterocycles. The predicted molar refractivity (Wildman–Crippen MR) is 41.7 cm³/mol. The van der Waals surface area contributed by atoms with Gasteiger partial charge in [0.25, 0.3) is 0 Å². The van der Waals surface area contributed by atoms with E-state index in [1.54, 1.807) is 10.6 Å². The molecule has 1 rings (SSSR count). The van der Waals surface area contributed by atoms with Gasteiger partial charge in [-0.25, -0.2) is 4.79 Å². The number of nitrogens with zero attached hydrogens (tertiary/aromatic N) is 1. The Labute approximate surface area is 76.9 Å². The summed E-state index contributed by atoms with van der Waals surface area (Å²) < 4.78 is 0. The zero-order valence-corrected chi connectivity index (χ0v) is 6.81. The number of rotatable bonds is 1. The summed E-state index contributed by atoms with van der Waals surface area (Å²) in [7, 11) is 0. The van der Waals surface area contributed by atoms with Crippen molar-refractivity contribution in [3.63, 3.8) is 0 Å². The number of hydrogen-bond acceptors (Lipinski definition) is 7. The first kappa shape index (κ1) is 10.3. The molecule has 0 aromatic carbocycles. The monoisotopic (exact) mass is 204 g/mol. The molecule has 1 atom stereocenters. The van der Waals surface area contributed by atoms with Crippen LogP contribution in [0.25, 0.3) is 0 Å². The van der Waals surface area contributed by atoms with Crippen molar-refractivity contribution in [3.05, 3.63) is 10.1 Å². The Morgan fingerprint density at radius 2 is 1.79 bits per heavy atom. The predicted octanol–water partition coefficient (Wildman–Crippen LogP) is -3.67. The highest BCUT2D eigenvalue weighted by Gasteiger charge is 2.65. The van der Waals surface area contributed by atoms with Gasteiger partial charge in [-0.1, -0.05) is 0 Å². The lowest BCUT2D eigenvalue weighted by molar-refractivity contribution is -0.565. The first-order valence-electron chi connectivity index (χ1n) is 3.36. The molecule has 1 aliphatic heterocycles. The lowest BCUT2D eigenvalue weighted by atomic mass is 10.0. The lowest BCUT2D eigenvalue weighted by Crippen LogP contribution is -2.89. The van der Waals surface area contributed by atoms with Crippen molar-refractivity contribution >= 4 is 11.9 Å². The average molecular weight is 204 g/mol. The molecule has 8 N–H and O–H groups in total. The quantitative estimate of drug-likeness (QED) is 0.166. The maximum Gasteiger partial charge on any atom is 0.400 e. The Morgan fingerprint density at radius 3 is 2.14 bits per heavy atom. The van der Waals surface area contributed by atoms with E-state index in [0.29, 0.717) is 0 Å². The third kappa shape index (κ3) is 1.09. The second-order valence-electron chi connectivity index (χ2n) is 2.80. The molecule has 0 spiro atoms. The molecule has 3 amide bonds. The Bertz CT molecular complexity index is 326. The van der Waals surface area contributed by atoms with E-state index in [-0.39, 0.29) is 0 Å². The van der Waals surface area contributed by atoms with Crippen LogP contribution in [0.2, 0.25) is 0 Å². The van der Waals surface area contributed by atoms with Gasteiger partial charge in [0.1, 0.15) is 0 Å². The van der Waals surface area contributed by atoms with Gasteiger partial charge in [-0.15, -0.1) is 0 Å². The van der Waals surface area contributed by atoms with E-state index in [1.807, 2.05) is 0 Å². The summed E-state index contributed by atoms with van der Waals surface area (Å²) in [6.45, 7) is 0. The molecule has 1 fully saturated rings. The number of nitro groups is 1. The molecule has 0 saturated carbocycles. The van der Waals surface area contributed by atoms with Crippen LogP contribution in [0.4, 0.5) is 4.79 Å². The van der Waals surface area contributed by atoms with Crippen LogP contribution in [0.3, 0.4) is 0 Å². The third-order valence-electron chi connectivity index (χ3n) is 1.81. The van der Waals surface area contributed by atoms with E-state index in [9.17, 15) is 19.7 Å². The highest BCUT2D eigenvalue weighted by Crippen LogP contribution is 2.14. The fraction of sp³-hybridized carbons (Fsp3) is 0.500. The fourth-order valence-corrected chi connectivity index (χ4v) is 0.935. The minimum absolute atomic E-state index is 1.04. The van der Waals surface area contributed by atoms with Crippen LogP contribution in [0, 0.1) is 10.1 Å². The average Bonchev–Trinajstić information content (AvgIpc) is 1.98. The first-order valence-corrected chi connectivity index (χ1v) is 3.36. The molecule has 14 heavy (non-hydrogen) atoms. The Kier molecular flexibility index (Phi) is 1.92. The van der Waals surface area contributed by atoms with E-state index in [4.69, 9.17) is 17.2 Å². The van der Waals surface area contributed by atoms with Crippen molar-refractivity contribution in [1.29, 1.82) is 0 Å². The SMILES string of the molecule is NC1(N)NC(=O)NC(=O)C1(N)[N+](=O)[O-]. The number of nitrogens with two attached hydrogens (primary N) is 3. The molecule has 10 heteroatoms. The molecular formula is C4H8N6O4. The summed E-state index contributed by atoms with van der Waals surface area (Å²) in [5.41, 5.74) is 12.6. The Hall–Kier alpha value is -1.78. The highest BCUT2D eigenvalue weighted by molar-refractivity contribution is 6.02. The maximum atomic E-state index is 11.1. The number of imide groups is 1. The van der Waals surface area contributed by atoms with E-state index >= 15 is 0 Å². The zero-order chi connectivity index (χ0) is 11.1. The molecule has 78 valence electrons. The largest absolute Gasteiger partial charge is 0.400 e. The number of carbonyl (C=O) groups is 2. The van der Waals surface area contributed by atoms with Crippen molar-refractivity contribution in [2.45, 2.75) is 11.4 Å². The normalized spacial score (nSPS) is 30.5. The molecule has 1 unspecified atom stereocenters. The summed E-state index contributed by atoms with van der Waals surface area (Å²) >= 11 is 0. The summed E-state index contributed by atoms with van der Waals surface area (Å²) in [4.78, 5) is 31.2. The van der Waals surface area contributed by atoms with Crippen molar-refractivity contribution < 1.29 is 14.5 Å². The van der Waals surface area contributed by atoms with E-state index in [2.05, 4.69) is 0 Å². The number of hydrogen-bond donors (Lipinski definition) is 5. The summed E-state index contributed by atoms with van der Waals surface area (Å²) in [5.74, 6) is -3.80. The van der Waals surface area contributed by atoms with E-state index < -0.39 is 28.3 Å². The molecule has 0 aliphatic carbocycles. The van der Waals surface area contributed by atoms with Crippen molar-refractivity contribution in [3.8, 4) is 0 Å². The minimum atomic E-state index is -2.79. The summed E-state index contributed by atoms with van der Waals surface area (Å²) in [6, 6.07) is -1.04.